The maximum atomic E-state index is 10.5. The second-order valence-corrected chi connectivity index (χ2v) is 3.54. The molecule has 0 spiro atoms. The first-order chi connectivity index (χ1) is 8.61. The van der Waals surface area contributed by atoms with E-state index < -0.39 is 6.16 Å². The number of oxazole rings is 1. The average Bonchev–Trinajstić information content (AvgIpc) is 2.77. The van der Waals surface area contributed by atoms with Crippen molar-refractivity contribution in [2.75, 3.05) is 7.11 Å². The van der Waals surface area contributed by atoms with Crippen LogP contribution >= 0.6 is 0 Å². The lowest BCUT2D eigenvalue weighted by Gasteiger charge is -2.06. The molecule has 0 saturated heterocycles. The van der Waals surface area contributed by atoms with Crippen molar-refractivity contribution in [3.63, 3.8) is 0 Å². The van der Waals surface area contributed by atoms with Gasteiger partial charge in [-0.3, -0.25) is 0 Å². The van der Waals surface area contributed by atoms with Crippen molar-refractivity contribution in [3.8, 4) is 23.0 Å². The number of methoxy groups -OCH3 is 1. The van der Waals surface area contributed by atoms with Crippen LogP contribution < -0.4 is 9.47 Å². The highest BCUT2D eigenvalue weighted by Crippen LogP contribution is 2.32. The number of hydrogen-bond donors (Lipinski definition) is 1. The summed E-state index contributed by atoms with van der Waals surface area (Å²) in [7, 11) is 1.56. The highest BCUT2D eigenvalue weighted by molar-refractivity contribution is 5.69. The molecule has 0 unspecified atom stereocenters. The highest BCUT2D eigenvalue weighted by Gasteiger charge is 2.16. The summed E-state index contributed by atoms with van der Waals surface area (Å²) in [4.78, 5) is 14.2. The summed E-state index contributed by atoms with van der Waals surface area (Å²) >= 11 is 0. The highest BCUT2D eigenvalue weighted by atomic mass is 16.7. The van der Waals surface area contributed by atoms with Gasteiger partial charge in [0.25, 0.3) is 5.88 Å². The van der Waals surface area contributed by atoms with Gasteiger partial charge in [0.15, 0.2) is 12.2 Å². The lowest BCUT2D eigenvalue weighted by Crippen LogP contribution is -2.04. The van der Waals surface area contributed by atoms with Crippen molar-refractivity contribution in [3.05, 3.63) is 30.2 Å². The zero-order valence-electron chi connectivity index (χ0n) is 9.84. The number of carboxylic acid groups (broad SMARTS) is 1. The normalized spacial score (nSPS) is 10.1. The van der Waals surface area contributed by atoms with E-state index in [1.165, 1.54) is 0 Å². The van der Waals surface area contributed by atoms with Crippen molar-refractivity contribution in [2.45, 2.75) is 6.92 Å². The van der Waals surface area contributed by atoms with Crippen LogP contribution in [-0.2, 0) is 0 Å². The van der Waals surface area contributed by atoms with Gasteiger partial charge in [0, 0.05) is 5.56 Å². The number of aromatic nitrogens is 1. The molecule has 0 aliphatic heterocycles. The third kappa shape index (κ3) is 2.27. The Kier molecular flexibility index (Phi) is 3.18. The molecule has 1 heterocycles. The van der Waals surface area contributed by atoms with Gasteiger partial charge in [0.2, 0.25) is 0 Å². The van der Waals surface area contributed by atoms with E-state index in [4.69, 9.17) is 14.3 Å². The van der Waals surface area contributed by atoms with E-state index in [0.29, 0.717) is 11.3 Å². The molecule has 0 bridgehead atoms. The molecule has 1 aromatic carbocycles. The summed E-state index contributed by atoms with van der Waals surface area (Å²) < 4.78 is 14.8. The molecule has 0 radical (unpaired) electrons. The molecular formula is C12H11NO5. The van der Waals surface area contributed by atoms with E-state index in [1.54, 1.807) is 19.2 Å². The summed E-state index contributed by atoms with van der Waals surface area (Å²) in [6, 6.07) is 5.33. The number of nitrogens with zero attached hydrogens (tertiary/aromatic N) is 1. The zero-order chi connectivity index (χ0) is 13.1. The Morgan fingerprint density at radius 1 is 1.44 bits per heavy atom. The predicted octanol–water partition coefficient (Wildman–Crippen LogP) is 2.72. The van der Waals surface area contributed by atoms with Crippen LogP contribution in [-0.4, -0.2) is 23.4 Å². The summed E-state index contributed by atoms with van der Waals surface area (Å²) in [6.45, 7) is 1.90. The van der Waals surface area contributed by atoms with Gasteiger partial charge < -0.3 is 19.0 Å². The molecule has 1 aromatic heterocycles. The van der Waals surface area contributed by atoms with Gasteiger partial charge in [0.1, 0.15) is 5.75 Å². The van der Waals surface area contributed by atoms with Crippen molar-refractivity contribution in [1.29, 1.82) is 0 Å². The molecule has 1 N–H and O–H groups in total. The van der Waals surface area contributed by atoms with Crippen molar-refractivity contribution in [1.82, 2.24) is 4.98 Å². The molecule has 6 heteroatoms. The van der Waals surface area contributed by atoms with Gasteiger partial charge >= 0.3 is 6.16 Å². The number of benzene rings is 1. The number of hydrogen-bond acceptors (Lipinski definition) is 5. The first-order valence-electron chi connectivity index (χ1n) is 5.11. The van der Waals surface area contributed by atoms with Gasteiger partial charge in [-0.15, -0.1) is 0 Å². The maximum Gasteiger partial charge on any atom is 0.512 e. The van der Waals surface area contributed by atoms with Crippen molar-refractivity contribution < 1.29 is 23.8 Å². The van der Waals surface area contributed by atoms with Crippen LogP contribution in [0, 0.1) is 6.92 Å². The molecule has 0 saturated carbocycles. The van der Waals surface area contributed by atoms with Gasteiger partial charge in [-0.2, -0.15) is 4.98 Å². The monoisotopic (exact) mass is 249 g/mol. The fourth-order valence-electron chi connectivity index (χ4n) is 1.54. The molecule has 0 aliphatic carbocycles. The first kappa shape index (κ1) is 12.0. The summed E-state index contributed by atoms with van der Waals surface area (Å²) in [5.74, 6) is 0.828. The fraction of sp³-hybridized carbons (Fsp3) is 0.167. The van der Waals surface area contributed by atoms with Crippen LogP contribution in [0.15, 0.2) is 29.0 Å². The van der Waals surface area contributed by atoms with E-state index in [9.17, 15) is 4.79 Å². The van der Waals surface area contributed by atoms with E-state index in [2.05, 4.69) is 9.72 Å². The molecule has 2 rings (SSSR count). The third-order valence-electron chi connectivity index (χ3n) is 2.39. The molecule has 0 fully saturated rings. The van der Waals surface area contributed by atoms with Crippen molar-refractivity contribution >= 4 is 6.16 Å². The second-order valence-electron chi connectivity index (χ2n) is 3.54. The average molecular weight is 249 g/mol. The molecule has 6 nitrogen and oxygen atoms in total. The summed E-state index contributed by atoms with van der Waals surface area (Å²) in [5.41, 5.74) is 1.59. The van der Waals surface area contributed by atoms with Gasteiger partial charge in [0.05, 0.1) is 7.11 Å². The SMILES string of the molecule is COc1cc(-c2ocnc2OC(=O)O)ccc1C. The topological polar surface area (TPSA) is 81.8 Å². The predicted molar refractivity (Wildman–Crippen MR) is 61.9 cm³/mol. The van der Waals surface area contributed by atoms with Crippen LogP contribution in [0.3, 0.4) is 0 Å². The Labute approximate surface area is 103 Å². The van der Waals surface area contributed by atoms with E-state index in [0.717, 1.165) is 12.0 Å². The fourth-order valence-corrected chi connectivity index (χ4v) is 1.54. The summed E-state index contributed by atoms with van der Waals surface area (Å²) in [5, 5.41) is 8.57. The Morgan fingerprint density at radius 2 is 2.22 bits per heavy atom. The number of ether oxygens (including phenoxy) is 2. The van der Waals surface area contributed by atoms with Crippen LogP contribution in [0.4, 0.5) is 4.79 Å². The van der Waals surface area contributed by atoms with Gasteiger partial charge in [-0.05, 0) is 18.6 Å². The lowest BCUT2D eigenvalue weighted by atomic mass is 10.1. The molecule has 0 aliphatic rings. The van der Waals surface area contributed by atoms with Crippen LogP contribution in [0.25, 0.3) is 11.3 Å². The number of carbonyl (C=O) groups is 1. The standard InChI is InChI=1S/C12H11NO5/c1-7-3-4-8(5-9(7)16-2)10-11(13-6-17-10)18-12(14)15/h3-6H,1-2H3,(H,14,15). The Balaban J connectivity index is 2.42. The first-order valence-corrected chi connectivity index (χ1v) is 5.11. The minimum Gasteiger partial charge on any atom is -0.496 e. The van der Waals surface area contributed by atoms with Crippen molar-refractivity contribution in [2.24, 2.45) is 0 Å². The van der Waals surface area contributed by atoms with Gasteiger partial charge in [-0.1, -0.05) is 12.1 Å². The molecule has 0 amide bonds. The Hall–Kier alpha value is -2.50. The van der Waals surface area contributed by atoms with E-state index in [-0.39, 0.29) is 11.6 Å². The van der Waals surface area contributed by atoms with E-state index in [1.807, 2.05) is 13.0 Å². The quantitative estimate of drug-likeness (QED) is 0.842. The van der Waals surface area contributed by atoms with Crippen LogP contribution in [0.2, 0.25) is 0 Å². The van der Waals surface area contributed by atoms with Crippen LogP contribution in [0.5, 0.6) is 11.6 Å². The zero-order valence-corrected chi connectivity index (χ0v) is 9.84. The van der Waals surface area contributed by atoms with E-state index >= 15 is 0 Å². The second kappa shape index (κ2) is 4.79. The Bertz CT molecular complexity index is 576. The van der Waals surface area contributed by atoms with Gasteiger partial charge in [-0.25, -0.2) is 4.79 Å². The maximum absolute atomic E-state index is 10.5. The summed E-state index contributed by atoms with van der Waals surface area (Å²) in [6.07, 6.45) is -0.316. The lowest BCUT2D eigenvalue weighted by molar-refractivity contribution is 0.143. The number of aryl methyl sites for hydroxylation is 1. The number of rotatable bonds is 3. The minimum atomic E-state index is -1.44. The smallest absolute Gasteiger partial charge is 0.496 e. The molecule has 2 aromatic rings. The molecule has 94 valence electrons. The Morgan fingerprint density at radius 3 is 2.89 bits per heavy atom. The molecule has 18 heavy (non-hydrogen) atoms. The minimum absolute atomic E-state index is 0.0894. The third-order valence-corrected chi connectivity index (χ3v) is 2.39. The largest absolute Gasteiger partial charge is 0.512 e. The van der Waals surface area contributed by atoms with Crippen LogP contribution in [0.1, 0.15) is 5.56 Å². The molecular weight excluding hydrogens is 238 g/mol. The molecule has 0 atom stereocenters.